The molecule has 0 bridgehead atoms. The number of amides is 2. The minimum Gasteiger partial charge on any atom is -0.495 e. The largest absolute Gasteiger partial charge is 0.495 e. The first kappa shape index (κ1) is 20.5. The number of rotatable bonds is 6. The van der Waals surface area contributed by atoms with Gasteiger partial charge in [-0.05, 0) is 25.0 Å². The molecule has 2 heterocycles. The van der Waals surface area contributed by atoms with Crippen molar-refractivity contribution < 1.29 is 19.1 Å². The molecule has 1 aromatic rings. The number of ether oxygens (including phenoxy) is 2. The Kier molecular flexibility index (Phi) is 7.54. The van der Waals surface area contributed by atoms with Gasteiger partial charge in [0.25, 0.3) is 0 Å². The van der Waals surface area contributed by atoms with Crippen LogP contribution >= 0.6 is 0 Å². The fraction of sp³-hybridized carbons (Fsp3) is 0.619. The Morgan fingerprint density at radius 3 is 2.00 bits per heavy atom. The summed E-state index contributed by atoms with van der Waals surface area (Å²) in [6.45, 7) is 4.35. The molecule has 2 aliphatic rings. The van der Waals surface area contributed by atoms with Gasteiger partial charge in [0.1, 0.15) is 19.0 Å². The highest BCUT2D eigenvalue weighted by atomic mass is 16.5. The van der Waals surface area contributed by atoms with E-state index in [0.29, 0.717) is 13.1 Å². The van der Waals surface area contributed by atoms with Crippen LogP contribution < -0.4 is 9.64 Å². The molecule has 0 unspecified atom stereocenters. The van der Waals surface area contributed by atoms with E-state index in [4.69, 9.17) is 9.47 Å². The van der Waals surface area contributed by atoms with Crippen molar-refractivity contribution in [1.29, 1.82) is 0 Å². The maximum absolute atomic E-state index is 12.4. The number of likely N-dealkylation sites (tertiary alicyclic amines) is 1. The number of methoxy groups -OCH3 is 1. The van der Waals surface area contributed by atoms with Gasteiger partial charge in [0, 0.05) is 39.3 Å². The number of carbonyl (C=O) groups excluding carboxylic acids is 2. The number of para-hydroxylation sites is 2. The minimum atomic E-state index is -0.0525. The summed E-state index contributed by atoms with van der Waals surface area (Å²) in [7, 11) is 1.67. The maximum Gasteiger partial charge on any atom is 0.248 e. The van der Waals surface area contributed by atoms with Crippen LogP contribution in [0.5, 0.6) is 5.75 Å². The lowest BCUT2D eigenvalue weighted by Crippen LogP contribution is -2.50. The Bertz CT molecular complexity index is 651. The quantitative estimate of drug-likeness (QED) is 0.742. The topological polar surface area (TPSA) is 62.3 Å². The molecule has 7 heteroatoms. The number of carbonyl (C=O) groups is 2. The molecular formula is C21H31N3O4. The van der Waals surface area contributed by atoms with Gasteiger partial charge in [-0.3, -0.25) is 9.59 Å². The Hall–Kier alpha value is -2.28. The van der Waals surface area contributed by atoms with Crippen molar-refractivity contribution in [2.45, 2.75) is 25.7 Å². The standard InChI is InChI=1S/C21H31N3O4/c1-27-19-9-5-4-8-18(19)22-12-14-24(15-13-22)21(26)17-28-16-20(25)23-10-6-2-3-7-11-23/h4-5,8-9H,2-3,6-7,10-17H2,1H3. The van der Waals surface area contributed by atoms with E-state index in [1.807, 2.05) is 34.1 Å². The summed E-state index contributed by atoms with van der Waals surface area (Å²) in [4.78, 5) is 30.5. The molecule has 2 fully saturated rings. The number of hydrogen-bond acceptors (Lipinski definition) is 5. The predicted molar refractivity (Wildman–Crippen MR) is 108 cm³/mol. The van der Waals surface area contributed by atoms with E-state index >= 15 is 0 Å². The molecular weight excluding hydrogens is 358 g/mol. The monoisotopic (exact) mass is 389 g/mol. The summed E-state index contributed by atoms with van der Waals surface area (Å²) >= 11 is 0. The minimum absolute atomic E-state index is 0.00399. The molecule has 2 saturated heterocycles. The zero-order valence-electron chi connectivity index (χ0n) is 16.8. The van der Waals surface area contributed by atoms with Crippen LogP contribution in [0.1, 0.15) is 25.7 Å². The van der Waals surface area contributed by atoms with Gasteiger partial charge in [0.15, 0.2) is 0 Å². The second kappa shape index (κ2) is 10.3. The van der Waals surface area contributed by atoms with Crippen molar-refractivity contribution in [3.8, 4) is 5.75 Å². The van der Waals surface area contributed by atoms with Crippen molar-refractivity contribution in [3.05, 3.63) is 24.3 Å². The van der Waals surface area contributed by atoms with Gasteiger partial charge in [-0.25, -0.2) is 0 Å². The molecule has 0 radical (unpaired) electrons. The predicted octanol–water partition coefficient (Wildman–Crippen LogP) is 1.76. The molecule has 0 aromatic heterocycles. The summed E-state index contributed by atoms with van der Waals surface area (Å²) in [6.07, 6.45) is 4.48. The second-order valence-electron chi connectivity index (χ2n) is 7.33. The Morgan fingerprint density at radius 2 is 1.39 bits per heavy atom. The van der Waals surface area contributed by atoms with E-state index in [0.717, 1.165) is 50.5 Å². The third-order valence-corrected chi connectivity index (χ3v) is 5.47. The summed E-state index contributed by atoms with van der Waals surface area (Å²) in [6, 6.07) is 7.92. The van der Waals surface area contributed by atoms with Crippen LogP contribution in [0.4, 0.5) is 5.69 Å². The average Bonchev–Trinajstić information content (AvgIpc) is 3.03. The highest BCUT2D eigenvalue weighted by Crippen LogP contribution is 2.28. The van der Waals surface area contributed by atoms with E-state index in [2.05, 4.69) is 4.90 Å². The van der Waals surface area contributed by atoms with Crippen LogP contribution in [0, 0.1) is 0 Å². The molecule has 0 aliphatic carbocycles. The smallest absolute Gasteiger partial charge is 0.248 e. The first-order valence-corrected chi connectivity index (χ1v) is 10.2. The number of benzene rings is 1. The first-order chi connectivity index (χ1) is 13.7. The molecule has 1 aromatic carbocycles. The van der Waals surface area contributed by atoms with Gasteiger partial charge in [0.2, 0.25) is 11.8 Å². The van der Waals surface area contributed by atoms with Gasteiger partial charge in [-0.1, -0.05) is 25.0 Å². The number of nitrogens with zero attached hydrogens (tertiary/aromatic N) is 3. The van der Waals surface area contributed by atoms with Crippen LogP contribution in [0.3, 0.4) is 0 Å². The molecule has 0 spiro atoms. The summed E-state index contributed by atoms with van der Waals surface area (Å²) in [5.74, 6) is 0.789. The average molecular weight is 389 g/mol. The van der Waals surface area contributed by atoms with E-state index in [1.54, 1.807) is 7.11 Å². The number of hydrogen-bond donors (Lipinski definition) is 0. The lowest BCUT2D eigenvalue weighted by atomic mass is 10.2. The molecule has 2 aliphatic heterocycles. The third kappa shape index (κ3) is 5.38. The fourth-order valence-corrected chi connectivity index (χ4v) is 3.82. The highest BCUT2D eigenvalue weighted by Gasteiger charge is 2.23. The lowest BCUT2D eigenvalue weighted by Gasteiger charge is -2.36. The van der Waals surface area contributed by atoms with E-state index in [-0.39, 0.29) is 25.0 Å². The summed E-state index contributed by atoms with van der Waals surface area (Å²) < 4.78 is 10.9. The molecule has 0 saturated carbocycles. The summed E-state index contributed by atoms with van der Waals surface area (Å²) in [5.41, 5.74) is 1.05. The Labute approximate surface area is 167 Å². The van der Waals surface area contributed by atoms with Crippen LogP contribution in [0.2, 0.25) is 0 Å². The van der Waals surface area contributed by atoms with Gasteiger partial charge in [-0.2, -0.15) is 0 Å². The van der Waals surface area contributed by atoms with E-state index < -0.39 is 0 Å². The SMILES string of the molecule is COc1ccccc1N1CCN(C(=O)COCC(=O)N2CCCCCC2)CC1. The third-order valence-electron chi connectivity index (χ3n) is 5.47. The van der Waals surface area contributed by atoms with Crippen molar-refractivity contribution in [2.24, 2.45) is 0 Å². The van der Waals surface area contributed by atoms with Gasteiger partial charge in [0.05, 0.1) is 12.8 Å². The van der Waals surface area contributed by atoms with Crippen LogP contribution in [-0.2, 0) is 14.3 Å². The van der Waals surface area contributed by atoms with Crippen LogP contribution in [-0.4, -0.2) is 81.2 Å². The van der Waals surface area contributed by atoms with Crippen LogP contribution in [0.15, 0.2) is 24.3 Å². The Balaban J connectivity index is 1.39. The normalized spacial score (nSPS) is 18.0. The second-order valence-corrected chi connectivity index (χ2v) is 7.33. The lowest BCUT2D eigenvalue weighted by molar-refractivity contribution is -0.142. The van der Waals surface area contributed by atoms with Crippen molar-refractivity contribution in [3.63, 3.8) is 0 Å². The zero-order valence-corrected chi connectivity index (χ0v) is 16.8. The molecule has 7 nitrogen and oxygen atoms in total. The van der Waals surface area contributed by atoms with Crippen molar-refractivity contribution in [2.75, 3.05) is 64.5 Å². The van der Waals surface area contributed by atoms with Crippen LogP contribution in [0.25, 0.3) is 0 Å². The van der Waals surface area contributed by atoms with Crippen molar-refractivity contribution >= 4 is 17.5 Å². The molecule has 0 N–H and O–H groups in total. The van der Waals surface area contributed by atoms with Gasteiger partial charge in [-0.15, -0.1) is 0 Å². The zero-order chi connectivity index (χ0) is 19.8. The first-order valence-electron chi connectivity index (χ1n) is 10.2. The molecule has 154 valence electrons. The van der Waals surface area contributed by atoms with E-state index in [9.17, 15) is 9.59 Å². The van der Waals surface area contributed by atoms with Gasteiger partial charge >= 0.3 is 0 Å². The van der Waals surface area contributed by atoms with Gasteiger partial charge < -0.3 is 24.2 Å². The fourth-order valence-electron chi connectivity index (χ4n) is 3.82. The summed E-state index contributed by atoms with van der Waals surface area (Å²) in [5, 5.41) is 0. The van der Waals surface area contributed by atoms with Crippen molar-refractivity contribution in [1.82, 2.24) is 9.80 Å². The number of anilines is 1. The maximum atomic E-state index is 12.4. The molecule has 0 atom stereocenters. The molecule has 3 rings (SSSR count). The van der Waals surface area contributed by atoms with E-state index in [1.165, 1.54) is 12.8 Å². The molecule has 2 amide bonds. The Morgan fingerprint density at radius 1 is 0.821 bits per heavy atom. The highest BCUT2D eigenvalue weighted by molar-refractivity contribution is 5.80. The number of piperazine rings is 1. The molecule has 28 heavy (non-hydrogen) atoms.